The number of rotatable bonds is 3. The molecular formula is C16H16N4O. The molecule has 1 heterocycles. The third-order valence-corrected chi connectivity index (χ3v) is 3.39. The van der Waals surface area contributed by atoms with Crippen LogP contribution in [0.1, 0.15) is 5.56 Å². The number of aryl methyl sites for hydroxylation is 1. The molecule has 0 saturated carbocycles. The Hall–Kier alpha value is -2.66. The van der Waals surface area contributed by atoms with E-state index in [0.717, 1.165) is 28.1 Å². The van der Waals surface area contributed by atoms with Gasteiger partial charge in [-0.15, -0.1) is 10.2 Å². The lowest BCUT2D eigenvalue weighted by Gasteiger charge is -2.11. The van der Waals surface area contributed by atoms with Crippen LogP contribution in [0.5, 0.6) is 0 Å². The fraction of sp³-hybridized carbons (Fsp3) is 0.125. The van der Waals surface area contributed by atoms with E-state index in [9.17, 15) is 5.11 Å². The summed E-state index contributed by atoms with van der Waals surface area (Å²) in [5, 5.41) is 17.5. The van der Waals surface area contributed by atoms with Crippen molar-refractivity contribution in [1.82, 2.24) is 14.8 Å². The second-order valence-electron chi connectivity index (χ2n) is 4.93. The van der Waals surface area contributed by atoms with Gasteiger partial charge in [-0.05, 0) is 34.9 Å². The van der Waals surface area contributed by atoms with Crippen LogP contribution in [0.25, 0.3) is 22.5 Å². The van der Waals surface area contributed by atoms with Gasteiger partial charge in [0.1, 0.15) is 6.33 Å². The highest BCUT2D eigenvalue weighted by Crippen LogP contribution is 2.32. The van der Waals surface area contributed by atoms with E-state index in [1.165, 1.54) is 0 Å². The number of aliphatic hydroxyl groups excluding tert-OH is 1. The molecule has 0 radical (unpaired) electrons. The first kappa shape index (κ1) is 13.3. The predicted molar refractivity (Wildman–Crippen MR) is 82.2 cm³/mol. The molecule has 0 aliphatic rings. The molecule has 0 unspecified atom stereocenters. The second kappa shape index (κ2) is 5.38. The van der Waals surface area contributed by atoms with Gasteiger partial charge in [0.25, 0.3) is 0 Å². The van der Waals surface area contributed by atoms with E-state index in [4.69, 9.17) is 5.73 Å². The van der Waals surface area contributed by atoms with Gasteiger partial charge in [-0.1, -0.05) is 24.3 Å². The third kappa shape index (κ3) is 2.51. The van der Waals surface area contributed by atoms with Crippen LogP contribution in [0.3, 0.4) is 0 Å². The predicted octanol–water partition coefficient (Wildman–Crippen LogP) is 2.22. The SMILES string of the molecule is Cn1cnnc1-c1ccccc1-c1cc(N)cc(CO)c1. The van der Waals surface area contributed by atoms with Gasteiger partial charge in [0.15, 0.2) is 5.82 Å². The number of hydrogen-bond acceptors (Lipinski definition) is 4. The summed E-state index contributed by atoms with van der Waals surface area (Å²) in [6.07, 6.45) is 1.67. The summed E-state index contributed by atoms with van der Waals surface area (Å²) in [6.45, 7) is -0.0375. The molecule has 0 aliphatic heterocycles. The zero-order valence-electron chi connectivity index (χ0n) is 11.7. The Morgan fingerprint density at radius 1 is 1.14 bits per heavy atom. The number of hydrogen-bond donors (Lipinski definition) is 2. The quantitative estimate of drug-likeness (QED) is 0.721. The van der Waals surface area contributed by atoms with Crippen LogP contribution in [0, 0.1) is 0 Å². The molecular weight excluding hydrogens is 264 g/mol. The van der Waals surface area contributed by atoms with E-state index in [0.29, 0.717) is 5.69 Å². The van der Waals surface area contributed by atoms with E-state index >= 15 is 0 Å². The van der Waals surface area contributed by atoms with E-state index < -0.39 is 0 Å². The van der Waals surface area contributed by atoms with Crippen LogP contribution < -0.4 is 5.73 Å². The molecule has 3 N–H and O–H groups in total. The molecule has 5 heteroatoms. The van der Waals surface area contributed by atoms with Gasteiger partial charge >= 0.3 is 0 Å². The van der Waals surface area contributed by atoms with Crippen LogP contribution in [0.15, 0.2) is 48.8 Å². The zero-order chi connectivity index (χ0) is 14.8. The van der Waals surface area contributed by atoms with Crippen molar-refractivity contribution in [2.75, 3.05) is 5.73 Å². The van der Waals surface area contributed by atoms with Crippen molar-refractivity contribution >= 4 is 5.69 Å². The maximum Gasteiger partial charge on any atom is 0.164 e. The van der Waals surface area contributed by atoms with Gasteiger partial charge < -0.3 is 15.4 Å². The Morgan fingerprint density at radius 3 is 2.57 bits per heavy atom. The summed E-state index contributed by atoms with van der Waals surface area (Å²) in [7, 11) is 1.91. The van der Waals surface area contributed by atoms with Gasteiger partial charge in [0, 0.05) is 18.3 Å². The summed E-state index contributed by atoms with van der Waals surface area (Å²) >= 11 is 0. The molecule has 106 valence electrons. The molecule has 21 heavy (non-hydrogen) atoms. The van der Waals surface area contributed by atoms with E-state index in [1.54, 1.807) is 12.4 Å². The molecule has 2 aromatic carbocycles. The molecule has 5 nitrogen and oxygen atoms in total. The van der Waals surface area contributed by atoms with Crippen molar-refractivity contribution in [2.45, 2.75) is 6.61 Å². The van der Waals surface area contributed by atoms with Crippen molar-refractivity contribution in [3.63, 3.8) is 0 Å². The smallest absolute Gasteiger partial charge is 0.164 e. The Kier molecular flexibility index (Phi) is 3.41. The topological polar surface area (TPSA) is 77.0 Å². The van der Waals surface area contributed by atoms with Crippen LogP contribution in [-0.4, -0.2) is 19.9 Å². The first-order valence-corrected chi connectivity index (χ1v) is 6.63. The number of benzene rings is 2. The molecule has 3 aromatic rings. The fourth-order valence-corrected chi connectivity index (χ4v) is 2.42. The summed E-state index contributed by atoms with van der Waals surface area (Å²) in [5.74, 6) is 0.790. The van der Waals surface area contributed by atoms with E-state index in [1.807, 2.05) is 48.0 Å². The number of nitrogens with zero attached hydrogens (tertiary/aromatic N) is 3. The maximum absolute atomic E-state index is 9.35. The Bertz CT molecular complexity index is 779. The molecule has 0 bridgehead atoms. The van der Waals surface area contributed by atoms with Crippen molar-refractivity contribution in [2.24, 2.45) is 7.05 Å². The highest BCUT2D eigenvalue weighted by Gasteiger charge is 2.12. The first-order valence-electron chi connectivity index (χ1n) is 6.63. The number of aromatic nitrogens is 3. The zero-order valence-corrected chi connectivity index (χ0v) is 11.7. The molecule has 1 aromatic heterocycles. The van der Waals surface area contributed by atoms with Gasteiger partial charge in [0.05, 0.1) is 6.61 Å². The minimum Gasteiger partial charge on any atom is -0.399 e. The van der Waals surface area contributed by atoms with Crippen molar-refractivity contribution in [1.29, 1.82) is 0 Å². The van der Waals surface area contributed by atoms with Crippen LogP contribution in [0.4, 0.5) is 5.69 Å². The van der Waals surface area contributed by atoms with E-state index in [-0.39, 0.29) is 6.61 Å². The van der Waals surface area contributed by atoms with Crippen LogP contribution >= 0.6 is 0 Å². The molecule has 0 amide bonds. The first-order chi connectivity index (χ1) is 10.2. The minimum absolute atomic E-state index is 0.0375. The number of nitrogen functional groups attached to an aromatic ring is 1. The lowest BCUT2D eigenvalue weighted by molar-refractivity contribution is 0.282. The molecule has 0 atom stereocenters. The second-order valence-corrected chi connectivity index (χ2v) is 4.93. The van der Waals surface area contributed by atoms with Crippen molar-refractivity contribution in [3.05, 3.63) is 54.4 Å². The van der Waals surface area contributed by atoms with Crippen molar-refractivity contribution in [3.8, 4) is 22.5 Å². The summed E-state index contributed by atoms with van der Waals surface area (Å²) < 4.78 is 1.87. The average Bonchev–Trinajstić information content (AvgIpc) is 2.92. The van der Waals surface area contributed by atoms with Crippen LogP contribution in [-0.2, 0) is 13.7 Å². The van der Waals surface area contributed by atoms with Crippen molar-refractivity contribution < 1.29 is 5.11 Å². The minimum atomic E-state index is -0.0375. The van der Waals surface area contributed by atoms with Gasteiger partial charge in [-0.25, -0.2) is 0 Å². The lowest BCUT2D eigenvalue weighted by atomic mass is 9.97. The molecule has 0 fully saturated rings. The highest BCUT2D eigenvalue weighted by atomic mass is 16.3. The van der Waals surface area contributed by atoms with Gasteiger partial charge in [-0.3, -0.25) is 0 Å². The molecule has 0 spiro atoms. The third-order valence-electron chi connectivity index (χ3n) is 3.39. The summed E-state index contributed by atoms with van der Waals surface area (Å²) in [4.78, 5) is 0. The number of anilines is 1. The number of aliphatic hydroxyl groups is 1. The van der Waals surface area contributed by atoms with Gasteiger partial charge in [0.2, 0.25) is 0 Å². The summed E-state index contributed by atoms with van der Waals surface area (Å²) in [6, 6.07) is 13.6. The monoisotopic (exact) mass is 280 g/mol. The molecule has 0 saturated heterocycles. The lowest BCUT2D eigenvalue weighted by Crippen LogP contribution is -1.96. The number of nitrogens with two attached hydrogens (primary N) is 1. The van der Waals surface area contributed by atoms with Crippen LogP contribution in [0.2, 0.25) is 0 Å². The Balaban J connectivity index is 2.20. The standard InChI is InChI=1S/C16H16N4O/c1-20-10-18-19-16(20)15-5-3-2-4-14(15)12-6-11(9-21)7-13(17)8-12/h2-8,10,21H,9,17H2,1H3. The normalized spacial score (nSPS) is 10.8. The highest BCUT2D eigenvalue weighted by molar-refractivity contribution is 5.82. The molecule has 3 rings (SSSR count). The Morgan fingerprint density at radius 2 is 1.90 bits per heavy atom. The largest absolute Gasteiger partial charge is 0.399 e. The maximum atomic E-state index is 9.35. The summed E-state index contributed by atoms with van der Waals surface area (Å²) in [5.41, 5.74) is 10.3. The fourth-order valence-electron chi connectivity index (χ4n) is 2.42. The average molecular weight is 280 g/mol. The van der Waals surface area contributed by atoms with E-state index in [2.05, 4.69) is 10.2 Å². The molecule has 0 aliphatic carbocycles. The Labute approximate surface area is 122 Å². The van der Waals surface area contributed by atoms with Gasteiger partial charge in [-0.2, -0.15) is 0 Å².